The fraction of sp³-hybridized carbons (Fsp3) is 0.361. The summed E-state index contributed by atoms with van der Waals surface area (Å²) in [4.78, 5) is 15.4. The van der Waals surface area contributed by atoms with Crippen molar-refractivity contribution in [3.8, 4) is 0 Å². The monoisotopic (exact) mass is 644 g/mol. The molecule has 206 valence electrons. The van der Waals surface area contributed by atoms with Gasteiger partial charge in [0, 0.05) is 0 Å². The number of unbranched alkanes of at least 4 members (excludes halogenated alkanes) is 3. The third-order valence-electron chi connectivity index (χ3n) is 8.12. The number of carbonyl (C=O) groups excluding carboxylic acids is 1. The van der Waals surface area contributed by atoms with E-state index in [2.05, 4.69) is 135 Å². The predicted octanol–water partition coefficient (Wildman–Crippen LogP) is 8.16. The summed E-state index contributed by atoms with van der Waals surface area (Å²) in [6.07, 6.45) is 11.8. The number of benzene rings is 3. The summed E-state index contributed by atoms with van der Waals surface area (Å²) in [6, 6.07) is 31.9. The Kier molecular flexibility index (Phi) is 13.0. The van der Waals surface area contributed by atoms with E-state index in [0.717, 1.165) is 5.57 Å². The molecule has 3 aromatic rings. The van der Waals surface area contributed by atoms with Crippen molar-refractivity contribution < 1.29 is 4.79 Å². The molecule has 0 aliphatic carbocycles. The molecule has 0 saturated heterocycles. The van der Waals surface area contributed by atoms with Crippen LogP contribution in [0.2, 0.25) is 13.3 Å². The second-order valence-electron chi connectivity index (χ2n) is 10.9. The molecule has 0 amide bonds. The summed E-state index contributed by atoms with van der Waals surface area (Å²) in [5, 5.41) is 3.84. The van der Waals surface area contributed by atoms with E-state index in [-0.39, 0.29) is 0 Å². The first-order valence-corrected chi connectivity index (χ1v) is 24.8. The van der Waals surface area contributed by atoms with Crippen LogP contribution in [0.25, 0.3) is 0 Å². The quantitative estimate of drug-likeness (QED) is 0.0667. The van der Waals surface area contributed by atoms with Crippen molar-refractivity contribution in [1.29, 1.82) is 0 Å². The Balaban J connectivity index is 2.35. The van der Waals surface area contributed by atoms with Crippen molar-refractivity contribution in [3.05, 3.63) is 113 Å². The molecule has 0 bridgehead atoms. The Bertz CT molecular complexity index is 1070. The molecule has 3 heteroatoms. The van der Waals surface area contributed by atoms with Gasteiger partial charge in [0.1, 0.15) is 0 Å². The van der Waals surface area contributed by atoms with Gasteiger partial charge in [0.15, 0.2) is 0 Å². The van der Waals surface area contributed by atoms with E-state index in [9.17, 15) is 0 Å². The number of hydrogen-bond donors (Lipinski definition) is 0. The predicted molar refractivity (Wildman–Crippen MR) is 177 cm³/mol. The van der Waals surface area contributed by atoms with E-state index >= 15 is 4.79 Å². The first-order valence-electron chi connectivity index (χ1n) is 15.1. The van der Waals surface area contributed by atoms with Crippen LogP contribution in [0, 0.1) is 0 Å². The second kappa shape index (κ2) is 16.2. The van der Waals surface area contributed by atoms with E-state index in [1.165, 1.54) is 67.4 Å². The Morgan fingerprint density at radius 1 is 0.641 bits per heavy atom. The molecule has 0 aromatic heterocycles. The molecule has 0 fully saturated rings. The van der Waals surface area contributed by atoms with Crippen LogP contribution in [-0.2, 0) is 4.79 Å². The van der Waals surface area contributed by atoms with Crippen molar-refractivity contribution >= 4 is 47.4 Å². The summed E-state index contributed by atoms with van der Waals surface area (Å²) < 4.78 is 6.72. The Hall–Kier alpha value is -2.17. The van der Waals surface area contributed by atoms with Crippen molar-refractivity contribution in [2.24, 2.45) is 0 Å². The van der Waals surface area contributed by atoms with Crippen LogP contribution in [0.5, 0.6) is 0 Å². The summed E-state index contributed by atoms with van der Waals surface area (Å²) in [5.41, 5.74) is 0.986. The van der Waals surface area contributed by atoms with Gasteiger partial charge >= 0.3 is 245 Å². The molecular weight excluding hydrogens is 595 g/mol. The van der Waals surface area contributed by atoms with Gasteiger partial charge < -0.3 is 0 Å². The molecular formula is C36H48OSiSn. The molecule has 0 saturated carbocycles. The minimum absolute atomic E-state index is 0.342. The van der Waals surface area contributed by atoms with Crippen LogP contribution < -0.4 is 15.6 Å². The van der Waals surface area contributed by atoms with Gasteiger partial charge in [-0.2, -0.15) is 0 Å². The van der Waals surface area contributed by atoms with Crippen LogP contribution >= 0.6 is 0 Å². The normalized spacial score (nSPS) is 12.7. The molecule has 0 atom stereocenters. The van der Waals surface area contributed by atoms with Gasteiger partial charge in [-0.3, -0.25) is 0 Å². The van der Waals surface area contributed by atoms with Crippen molar-refractivity contribution in [3.63, 3.8) is 0 Å². The van der Waals surface area contributed by atoms with E-state index in [4.69, 9.17) is 0 Å². The van der Waals surface area contributed by atoms with Gasteiger partial charge in [-0.25, -0.2) is 0 Å². The topological polar surface area (TPSA) is 17.1 Å². The molecule has 0 N–H and O–H groups in total. The van der Waals surface area contributed by atoms with Crippen LogP contribution in [0.15, 0.2) is 113 Å². The first kappa shape index (κ1) is 31.4. The van der Waals surface area contributed by atoms with E-state index < -0.39 is 26.5 Å². The number of carbonyl (C=O) groups is 1. The third-order valence-corrected chi connectivity index (χ3v) is 26.9. The van der Waals surface area contributed by atoms with Crippen LogP contribution in [0.1, 0.15) is 66.2 Å². The fourth-order valence-electron chi connectivity index (χ4n) is 6.05. The van der Waals surface area contributed by atoms with Crippen LogP contribution in [-0.4, -0.2) is 31.9 Å². The zero-order chi connectivity index (χ0) is 28.0. The number of allylic oxidation sites excluding steroid dienone is 3. The SMILES string of the molecule is C/C=C/C(=[CH]\[Sn]([CH2]CCC)([CH2]CCC)[CH2]CCC)C(=O)[Si](c1ccccc1)(c1ccccc1)c1ccccc1. The van der Waals surface area contributed by atoms with E-state index in [1.54, 1.807) is 0 Å². The summed E-state index contributed by atoms with van der Waals surface area (Å²) in [7, 11) is -3.05. The standard InChI is InChI=1S/C24H21OSi.3C4H9.Sn/c1-3-13-20(2)24(25)26(21-14-7-4-8-15-21,22-16-9-5-10-17-22)23-18-11-6-12-19-23;3*1-3-4-2;/h2-19H,1H3;3*1,3-4H2,2H3;/b13-3+,20-2?;;;;. The van der Waals surface area contributed by atoms with E-state index in [0.29, 0.717) is 5.41 Å². The molecule has 39 heavy (non-hydrogen) atoms. The molecule has 3 aromatic carbocycles. The van der Waals surface area contributed by atoms with Gasteiger partial charge in [0.2, 0.25) is 0 Å². The maximum atomic E-state index is 15.4. The zero-order valence-electron chi connectivity index (χ0n) is 24.7. The van der Waals surface area contributed by atoms with Crippen LogP contribution in [0.3, 0.4) is 0 Å². The summed E-state index contributed by atoms with van der Waals surface area (Å²) in [5.74, 6) is 0. The first-order chi connectivity index (χ1) is 19.1. The average molecular weight is 644 g/mol. The molecule has 3 rings (SSSR count). The average Bonchev–Trinajstić information content (AvgIpc) is 2.99. The second-order valence-corrected chi connectivity index (χ2v) is 27.5. The third kappa shape index (κ3) is 7.73. The number of rotatable bonds is 16. The van der Waals surface area contributed by atoms with Crippen LogP contribution in [0.4, 0.5) is 0 Å². The van der Waals surface area contributed by atoms with Gasteiger partial charge in [-0.05, 0) is 0 Å². The molecule has 0 spiro atoms. The minimum atomic E-state index is -3.05. The maximum absolute atomic E-state index is 15.4. The fourth-order valence-corrected chi connectivity index (χ4v) is 25.9. The molecule has 0 radical (unpaired) electrons. The molecule has 0 unspecified atom stereocenters. The van der Waals surface area contributed by atoms with Crippen molar-refractivity contribution in [2.45, 2.75) is 79.5 Å². The van der Waals surface area contributed by atoms with Crippen molar-refractivity contribution in [2.75, 3.05) is 0 Å². The Labute approximate surface area is 243 Å². The Morgan fingerprint density at radius 2 is 1.00 bits per heavy atom. The van der Waals surface area contributed by atoms with Gasteiger partial charge in [-0.15, -0.1) is 0 Å². The van der Waals surface area contributed by atoms with Gasteiger partial charge in [-0.1, -0.05) is 0 Å². The molecule has 0 heterocycles. The van der Waals surface area contributed by atoms with Crippen molar-refractivity contribution in [1.82, 2.24) is 0 Å². The van der Waals surface area contributed by atoms with E-state index in [1.807, 2.05) is 0 Å². The number of hydrogen-bond acceptors (Lipinski definition) is 1. The summed E-state index contributed by atoms with van der Waals surface area (Å²) >= 11 is -2.77. The molecule has 0 aliphatic rings. The Morgan fingerprint density at radius 3 is 1.31 bits per heavy atom. The van der Waals surface area contributed by atoms with Gasteiger partial charge in [0.05, 0.1) is 0 Å². The van der Waals surface area contributed by atoms with Gasteiger partial charge in [0.25, 0.3) is 0 Å². The zero-order valence-corrected chi connectivity index (χ0v) is 28.5. The molecule has 1 nitrogen and oxygen atoms in total. The molecule has 0 aliphatic heterocycles. The summed E-state index contributed by atoms with van der Waals surface area (Å²) in [6.45, 7) is 9.02.